The van der Waals surface area contributed by atoms with Crippen molar-refractivity contribution in [2.45, 2.75) is 12.8 Å². The molecule has 2 aromatic carbocycles. The zero-order valence-electron chi connectivity index (χ0n) is 17.9. The van der Waals surface area contributed by atoms with Crippen molar-refractivity contribution in [1.82, 2.24) is 5.01 Å². The molecule has 0 atom stereocenters. The normalized spacial score (nSPS) is 19.1. The van der Waals surface area contributed by atoms with Gasteiger partial charge in [-0.2, -0.15) is 5.10 Å². The van der Waals surface area contributed by atoms with Gasteiger partial charge in [0.1, 0.15) is 0 Å². The fourth-order valence-corrected chi connectivity index (χ4v) is 3.94. The summed E-state index contributed by atoms with van der Waals surface area (Å²) in [4.78, 5) is 2.38. The van der Waals surface area contributed by atoms with Crippen molar-refractivity contribution < 1.29 is 14.1 Å². The molecule has 2 fully saturated rings. The van der Waals surface area contributed by atoms with Crippen LogP contribution in [-0.2, 0) is 0 Å². The summed E-state index contributed by atoms with van der Waals surface area (Å²) in [5, 5.41) is 28.1. The monoisotopic (exact) mass is 424 g/mol. The number of likely N-dealkylation sites (N-methyl/N-ethyl adjacent to an activating group) is 1. The summed E-state index contributed by atoms with van der Waals surface area (Å²) in [5.41, 5.74) is 3.22. The number of rotatable bonds is 5. The van der Waals surface area contributed by atoms with Crippen molar-refractivity contribution in [2.75, 3.05) is 51.2 Å². The second-order valence-electron chi connectivity index (χ2n) is 8.50. The predicted molar refractivity (Wildman–Crippen MR) is 123 cm³/mol. The summed E-state index contributed by atoms with van der Waals surface area (Å²) in [6, 6.07) is 11.4. The molecule has 1 N–H and O–H groups in total. The number of phenols is 1. The van der Waals surface area contributed by atoms with E-state index in [1.807, 2.05) is 12.2 Å². The molecule has 2 saturated heterocycles. The van der Waals surface area contributed by atoms with E-state index in [-0.39, 0.29) is 4.65 Å². The first-order valence-electron chi connectivity index (χ1n) is 10.8. The maximum atomic E-state index is 14.2. The Morgan fingerprint density at radius 1 is 1.00 bits per heavy atom. The van der Waals surface area contributed by atoms with E-state index in [1.54, 1.807) is 18.1 Å². The smallest absolute Gasteiger partial charge is 0.166 e. The van der Waals surface area contributed by atoms with Crippen LogP contribution in [0.1, 0.15) is 29.5 Å². The van der Waals surface area contributed by atoms with Crippen molar-refractivity contribution in [1.29, 1.82) is 0 Å². The van der Waals surface area contributed by atoms with Crippen LogP contribution in [0.15, 0.2) is 41.5 Å². The minimum absolute atomic E-state index is 0.273. The van der Waals surface area contributed by atoms with E-state index in [2.05, 4.69) is 34.3 Å². The van der Waals surface area contributed by atoms with Gasteiger partial charge < -0.3 is 19.9 Å². The number of aromatic hydroxyl groups is 1. The van der Waals surface area contributed by atoms with Crippen LogP contribution in [0.5, 0.6) is 5.75 Å². The highest BCUT2D eigenvalue weighted by Crippen LogP contribution is 2.24. The molecule has 2 heterocycles. The van der Waals surface area contributed by atoms with Gasteiger partial charge in [0.05, 0.1) is 39.4 Å². The lowest BCUT2D eigenvalue weighted by Gasteiger charge is -2.44. The van der Waals surface area contributed by atoms with E-state index in [9.17, 15) is 14.7 Å². The van der Waals surface area contributed by atoms with Crippen LogP contribution in [-0.4, -0.2) is 67.3 Å². The number of hydrogen-bond donors (Lipinski definition) is 1. The Balaban J connectivity index is 1.45. The molecule has 7 heteroatoms. The highest BCUT2D eigenvalue weighted by Gasteiger charge is 2.20. The number of hydrazone groups is 1. The van der Waals surface area contributed by atoms with Gasteiger partial charge in [-0.3, -0.25) is 5.01 Å². The highest BCUT2D eigenvalue weighted by atomic mass is 19.1. The molecule has 0 aromatic heterocycles. The molecule has 0 spiro atoms. The minimum Gasteiger partial charge on any atom is -0.633 e. The summed E-state index contributed by atoms with van der Waals surface area (Å²) < 4.78 is 14.0. The van der Waals surface area contributed by atoms with Crippen molar-refractivity contribution in [3.8, 4) is 5.75 Å². The molecule has 2 aliphatic rings. The lowest BCUT2D eigenvalue weighted by molar-refractivity contribution is -0.865. The second-order valence-corrected chi connectivity index (χ2v) is 8.50. The fourth-order valence-electron chi connectivity index (χ4n) is 3.94. The maximum Gasteiger partial charge on any atom is 0.166 e. The first kappa shape index (κ1) is 21.3. The Labute approximate surface area is 182 Å². The summed E-state index contributed by atoms with van der Waals surface area (Å²) >= 11 is 0. The molecule has 4 rings (SSSR count). The lowest BCUT2D eigenvalue weighted by atomic mass is 10.1. The van der Waals surface area contributed by atoms with E-state index in [1.165, 1.54) is 30.8 Å². The lowest BCUT2D eigenvalue weighted by Crippen LogP contribution is -2.52. The van der Waals surface area contributed by atoms with Gasteiger partial charge in [0.25, 0.3) is 0 Å². The van der Waals surface area contributed by atoms with Crippen LogP contribution >= 0.6 is 0 Å². The SMILES string of the molecule is C[N+]1([O-])CCN(N=Cc2cc(/C=C/c3ccc(N4CCCC4)cc3)cc(F)c2O)CC1. The number of hydrogen-bond acceptors (Lipinski definition) is 5. The number of anilines is 1. The largest absolute Gasteiger partial charge is 0.633 e. The van der Waals surface area contributed by atoms with Crippen molar-refractivity contribution in [3.05, 3.63) is 64.1 Å². The van der Waals surface area contributed by atoms with Gasteiger partial charge in [0.15, 0.2) is 11.6 Å². The van der Waals surface area contributed by atoms with Gasteiger partial charge in [-0.1, -0.05) is 24.3 Å². The zero-order valence-corrected chi connectivity index (χ0v) is 17.9. The van der Waals surface area contributed by atoms with Crippen molar-refractivity contribution in [2.24, 2.45) is 5.10 Å². The van der Waals surface area contributed by atoms with E-state index < -0.39 is 11.6 Å². The van der Waals surface area contributed by atoms with E-state index in [0.717, 1.165) is 18.7 Å². The molecule has 31 heavy (non-hydrogen) atoms. The first-order chi connectivity index (χ1) is 14.9. The van der Waals surface area contributed by atoms with Crippen LogP contribution < -0.4 is 4.90 Å². The summed E-state index contributed by atoms with van der Waals surface area (Å²) in [6.45, 7) is 4.20. The summed E-state index contributed by atoms with van der Waals surface area (Å²) in [6.07, 6.45) is 7.70. The number of phenolic OH excluding ortho intramolecular Hbond substituents is 1. The zero-order chi connectivity index (χ0) is 21.8. The Hall–Kier alpha value is -2.90. The van der Waals surface area contributed by atoms with Crippen LogP contribution in [0, 0.1) is 11.0 Å². The number of benzene rings is 2. The molecule has 2 aromatic rings. The third-order valence-corrected chi connectivity index (χ3v) is 5.97. The number of piperazine rings is 1. The standard InChI is InChI=1S/C24H29FN4O2/c1-29(31)14-12-28(13-15-29)26-18-21-16-20(17-23(25)24(21)30)5-4-19-6-8-22(9-7-19)27-10-2-3-11-27/h4-9,16-18,30H,2-3,10-15H2,1H3/b5-4+,26-18?. The summed E-state index contributed by atoms with van der Waals surface area (Å²) in [7, 11) is 1.65. The fraction of sp³-hybridized carbons (Fsp3) is 0.375. The number of quaternary nitrogens is 1. The average Bonchev–Trinajstić information content (AvgIpc) is 3.29. The van der Waals surface area contributed by atoms with Crippen LogP contribution in [0.25, 0.3) is 12.2 Å². The molecular formula is C24H29FN4O2. The van der Waals surface area contributed by atoms with Crippen LogP contribution in [0.2, 0.25) is 0 Å². The van der Waals surface area contributed by atoms with Gasteiger partial charge in [-0.05, 0) is 48.2 Å². The molecule has 0 amide bonds. The number of hydroxylamine groups is 3. The Kier molecular flexibility index (Phi) is 6.25. The quantitative estimate of drug-likeness (QED) is 0.342. The molecule has 164 valence electrons. The Morgan fingerprint density at radius 3 is 2.32 bits per heavy atom. The third kappa shape index (κ3) is 5.42. The molecular weight excluding hydrogens is 395 g/mol. The van der Waals surface area contributed by atoms with Crippen LogP contribution in [0.4, 0.5) is 10.1 Å². The molecule has 2 aliphatic heterocycles. The molecule has 0 saturated carbocycles. The van der Waals surface area contributed by atoms with Crippen LogP contribution in [0.3, 0.4) is 0 Å². The highest BCUT2D eigenvalue weighted by molar-refractivity contribution is 5.85. The Morgan fingerprint density at radius 2 is 1.65 bits per heavy atom. The molecule has 0 unspecified atom stereocenters. The molecule has 0 aliphatic carbocycles. The second kappa shape index (κ2) is 9.08. The number of halogens is 1. The summed E-state index contributed by atoms with van der Waals surface area (Å²) in [5.74, 6) is -1.10. The van der Waals surface area contributed by atoms with Gasteiger partial charge in [-0.15, -0.1) is 0 Å². The molecule has 0 bridgehead atoms. The third-order valence-electron chi connectivity index (χ3n) is 5.97. The molecule has 6 nitrogen and oxygen atoms in total. The maximum absolute atomic E-state index is 14.2. The predicted octanol–water partition coefficient (Wildman–Crippen LogP) is 3.90. The first-order valence-corrected chi connectivity index (χ1v) is 10.8. The van der Waals surface area contributed by atoms with Gasteiger partial charge >= 0.3 is 0 Å². The van der Waals surface area contributed by atoms with Gasteiger partial charge in [-0.25, -0.2) is 4.39 Å². The minimum atomic E-state index is -0.685. The molecule has 0 radical (unpaired) electrons. The van der Waals surface area contributed by atoms with Gasteiger partial charge in [0.2, 0.25) is 0 Å². The topological polar surface area (TPSA) is 62.1 Å². The van der Waals surface area contributed by atoms with E-state index in [0.29, 0.717) is 37.3 Å². The Bertz CT molecular complexity index is 956. The van der Waals surface area contributed by atoms with E-state index in [4.69, 9.17) is 0 Å². The van der Waals surface area contributed by atoms with E-state index >= 15 is 0 Å². The van der Waals surface area contributed by atoms with Gasteiger partial charge in [0, 0.05) is 24.3 Å². The van der Waals surface area contributed by atoms with Crippen molar-refractivity contribution >= 4 is 24.1 Å². The van der Waals surface area contributed by atoms with Crippen molar-refractivity contribution in [3.63, 3.8) is 0 Å². The number of nitrogens with zero attached hydrogens (tertiary/aromatic N) is 4. The average molecular weight is 425 g/mol.